The van der Waals surface area contributed by atoms with Gasteiger partial charge in [-0.15, -0.1) is 0 Å². The van der Waals surface area contributed by atoms with Crippen molar-refractivity contribution in [2.24, 2.45) is 5.92 Å². The number of rotatable bonds is 6. The quantitative estimate of drug-likeness (QED) is 0.666. The first-order chi connectivity index (χ1) is 5.56. The summed E-state index contributed by atoms with van der Waals surface area (Å²) in [6.07, 6.45) is 2.92. The van der Waals surface area contributed by atoms with Gasteiger partial charge < -0.3 is 5.11 Å². The minimum Gasteiger partial charge on any atom is -0.393 e. The molecule has 0 radical (unpaired) electrons. The molecule has 12 heavy (non-hydrogen) atoms. The molecule has 1 N–H and O–H groups in total. The predicted octanol–water partition coefficient (Wildman–Crippen LogP) is 2.15. The van der Waals surface area contributed by atoms with E-state index in [1.165, 1.54) is 6.92 Å². The third kappa shape index (κ3) is 6.35. The van der Waals surface area contributed by atoms with E-state index in [1.54, 1.807) is 0 Å². The molecular weight excluding hydrogens is 152 g/mol. The normalized spacial score (nSPS) is 15.7. The predicted molar refractivity (Wildman–Crippen MR) is 50.0 cm³/mol. The van der Waals surface area contributed by atoms with Gasteiger partial charge in [-0.25, -0.2) is 0 Å². The van der Waals surface area contributed by atoms with E-state index < -0.39 is 6.10 Å². The summed E-state index contributed by atoms with van der Waals surface area (Å²) >= 11 is 0. The van der Waals surface area contributed by atoms with Gasteiger partial charge in [0.2, 0.25) is 0 Å². The van der Waals surface area contributed by atoms with Crippen LogP contribution in [-0.4, -0.2) is 17.0 Å². The van der Waals surface area contributed by atoms with Gasteiger partial charge in [0.15, 0.2) is 0 Å². The number of hydrogen-bond acceptors (Lipinski definition) is 2. The molecule has 0 aliphatic heterocycles. The zero-order valence-electron chi connectivity index (χ0n) is 8.34. The zero-order valence-corrected chi connectivity index (χ0v) is 8.34. The molecule has 2 atom stereocenters. The number of aliphatic hydroxyl groups excluding tert-OH is 1. The highest BCUT2D eigenvalue weighted by Crippen LogP contribution is 2.14. The molecule has 0 spiro atoms. The first kappa shape index (κ1) is 11.6. The lowest BCUT2D eigenvalue weighted by atomic mass is 9.96. The van der Waals surface area contributed by atoms with Crippen molar-refractivity contribution in [3.8, 4) is 0 Å². The second-order valence-electron chi connectivity index (χ2n) is 3.69. The van der Waals surface area contributed by atoms with Gasteiger partial charge in [0.1, 0.15) is 5.78 Å². The van der Waals surface area contributed by atoms with Crippen molar-refractivity contribution in [2.75, 3.05) is 0 Å². The molecule has 72 valence electrons. The van der Waals surface area contributed by atoms with E-state index in [9.17, 15) is 9.90 Å². The summed E-state index contributed by atoms with van der Waals surface area (Å²) < 4.78 is 0. The molecule has 0 amide bonds. The minimum atomic E-state index is -0.427. The largest absolute Gasteiger partial charge is 0.393 e. The van der Waals surface area contributed by atoms with E-state index in [0.29, 0.717) is 12.3 Å². The molecule has 0 aliphatic rings. The van der Waals surface area contributed by atoms with E-state index >= 15 is 0 Å². The van der Waals surface area contributed by atoms with E-state index in [4.69, 9.17) is 0 Å². The van der Waals surface area contributed by atoms with E-state index in [0.717, 1.165) is 19.3 Å². The molecule has 0 saturated carbocycles. The smallest absolute Gasteiger partial charge is 0.132 e. The Morgan fingerprint density at radius 1 is 1.50 bits per heavy atom. The van der Waals surface area contributed by atoms with Crippen molar-refractivity contribution in [3.05, 3.63) is 0 Å². The fourth-order valence-corrected chi connectivity index (χ4v) is 1.49. The monoisotopic (exact) mass is 172 g/mol. The van der Waals surface area contributed by atoms with E-state index in [2.05, 4.69) is 13.8 Å². The molecule has 0 fully saturated rings. The molecule has 0 aromatic rings. The fourth-order valence-electron chi connectivity index (χ4n) is 1.49. The topological polar surface area (TPSA) is 37.3 Å². The number of aliphatic hydroxyl groups is 1. The maximum atomic E-state index is 10.6. The van der Waals surface area contributed by atoms with Crippen LogP contribution < -0.4 is 0 Å². The Morgan fingerprint density at radius 2 is 2.08 bits per heavy atom. The van der Waals surface area contributed by atoms with Crippen LogP contribution in [0.4, 0.5) is 0 Å². The third-order valence-electron chi connectivity index (χ3n) is 1.98. The summed E-state index contributed by atoms with van der Waals surface area (Å²) in [5.41, 5.74) is 0. The Kier molecular flexibility index (Phi) is 5.99. The Bertz CT molecular complexity index is 132. The summed E-state index contributed by atoms with van der Waals surface area (Å²) in [5, 5.41) is 9.40. The van der Waals surface area contributed by atoms with Crippen LogP contribution in [0.15, 0.2) is 0 Å². The molecule has 0 saturated heterocycles. The van der Waals surface area contributed by atoms with Crippen LogP contribution in [-0.2, 0) is 4.79 Å². The molecule has 0 aromatic heterocycles. The number of carbonyl (C=O) groups excluding carboxylic acids is 1. The van der Waals surface area contributed by atoms with Gasteiger partial charge >= 0.3 is 0 Å². The first-order valence-electron chi connectivity index (χ1n) is 4.73. The molecular formula is C10H20O2. The van der Waals surface area contributed by atoms with Gasteiger partial charge in [-0.2, -0.15) is 0 Å². The van der Waals surface area contributed by atoms with Gasteiger partial charge in [0, 0.05) is 6.42 Å². The second kappa shape index (κ2) is 6.18. The summed E-state index contributed by atoms with van der Waals surface area (Å²) in [4.78, 5) is 10.6. The van der Waals surface area contributed by atoms with Crippen LogP contribution in [0, 0.1) is 5.92 Å². The molecule has 0 unspecified atom stereocenters. The van der Waals surface area contributed by atoms with Crippen molar-refractivity contribution in [3.63, 3.8) is 0 Å². The molecule has 2 nitrogen and oxygen atoms in total. The van der Waals surface area contributed by atoms with Crippen LogP contribution in [0.25, 0.3) is 0 Å². The molecule has 0 heterocycles. The van der Waals surface area contributed by atoms with Crippen LogP contribution in [0.5, 0.6) is 0 Å². The van der Waals surface area contributed by atoms with Crippen molar-refractivity contribution >= 4 is 5.78 Å². The molecule has 0 bridgehead atoms. The van der Waals surface area contributed by atoms with Crippen LogP contribution in [0.2, 0.25) is 0 Å². The first-order valence-corrected chi connectivity index (χ1v) is 4.73. The molecule has 2 heteroatoms. The van der Waals surface area contributed by atoms with Gasteiger partial charge in [0.05, 0.1) is 6.10 Å². The molecule has 0 rings (SSSR count). The number of ketones is 1. The summed E-state index contributed by atoms with van der Waals surface area (Å²) in [6.45, 7) is 5.77. The summed E-state index contributed by atoms with van der Waals surface area (Å²) in [5.74, 6) is 0.607. The lowest BCUT2D eigenvalue weighted by Gasteiger charge is -2.14. The molecule has 0 aromatic carbocycles. The average Bonchev–Trinajstić information content (AvgIpc) is 1.84. The van der Waals surface area contributed by atoms with Crippen LogP contribution in [0.3, 0.4) is 0 Å². The fraction of sp³-hybridized carbons (Fsp3) is 0.900. The highest BCUT2D eigenvalue weighted by Gasteiger charge is 2.11. The highest BCUT2D eigenvalue weighted by atomic mass is 16.3. The van der Waals surface area contributed by atoms with Crippen molar-refractivity contribution in [1.29, 1.82) is 0 Å². The molecule has 0 aliphatic carbocycles. The average molecular weight is 172 g/mol. The maximum absolute atomic E-state index is 10.6. The van der Waals surface area contributed by atoms with Crippen LogP contribution >= 0.6 is 0 Å². The number of carbonyl (C=O) groups is 1. The van der Waals surface area contributed by atoms with E-state index in [-0.39, 0.29) is 5.78 Å². The van der Waals surface area contributed by atoms with Crippen molar-refractivity contribution < 1.29 is 9.90 Å². The lowest BCUT2D eigenvalue weighted by molar-refractivity contribution is -0.119. The summed E-state index contributed by atoms with van der Waals surface area (Å²) in [6, 6.07) is 0. The van der Waals surface area contributed by atoms with E-state index in [1.807, 2.05) is 0 Å². The second-order valence-corrected chi connectivity index (χ2v) is 3.69. The Labute approximate surface area is 75.0 Å². The number of hydrogen-bond donors (Lipinski definition) is 1. The van der Waals surface area contributed by atoms with Crippen molar-refractivity contribution in [2.45, 2.75) is 52.6 Å². The highest BCUT2D eigenvalue weighted by molar-refractivity contribution is 5.75. The maximum Gasteiger partial charge on any atom is 0.132 e. The van der Waals surface area contributed by atoms with Gasteiger partial charge in [-0.05, 0) is 19.3 Å². The lowest BCUT2D eigenvalue weighted by Crippen LogP contribution is -2.14. The van der Waals surface area contributed by atoms with Crippen molar-refractivity contribution in [1.82, 2.24) is 0 Å². The Hall–Kier alpha value is -0.370. The van der Waals surface area contributed by atoms with Gasteiger partial charge in [0.25, 0.3) is 0 Å². The Morgan fingerprint density at radius 3 is 2.50 bits per heavy atom. The minimum absolute atomic E-state index is 0.0752. The SMILES string of the molecule is CCC[C@H](C)C[C@H](O)CC(C)=O. The summed E-state index contributed by atoms with van der Waals surface area (Å²) in [7, 11) is 0. The number of Topliss-reactive ketones (excluding diaryl/α,β-unsaturated/α-hetero) is 1. The zero-order chi connectivity index (χ0) is 9.56. The van der Waals surface area contributed by atoms with Gasteiger partial charge in [-0.3, -0.25) is 4.79 Å². The van der Waals surface area contributed by atoms with Gasteiger partial charge in [-0.1, -0.05) is 26.7 Å². The van der Waals surface area contributed by atoms with Crippen LogP contribution in [0.1, 0.15) is 46.5 Å². The third-order valence-corrected chi connectivity index (χ3v) is 1.98. The Balaban J connectivity index is 3.53. The standard InChI is InChI=1S/C10H20O2/c1-4-5-8(2)6-10(12)7-9(3)11/h8,10,12H,4-7H2,1-3H3/t8-,10-/m0/s1.